The number of unbranched alkanes of at least 4 members (excludes halogenated alkanes) is 16. The van der Waals surface area contributed by atoms with Crippen molar-refractivity contribution in [3.63, 3.8) is 0 Å². The van der Waals surface area contributed by atoms with Gasteiger partial charge in [-0.15, -0.1) is 0 Å². The van der Waals surface area contributed by atoms with Gasteiger partial charge in [0.05, 0.1) is 37.9 Å². The molecule has 0 saturated heterocycles. The number of phosphoric ester groups is 1. The summed E-state index contributed by atoms with van der Waals surface area (Å²) >= 11 is 0. The second kappa shape index (κ2) is 30.6. The molecular weight excluding hydrogens is 579 g/mol. The SMILES string of the molecule is CCCCCCCCC/C=C/CC/C=C/C(O)C(COP(=O)(O)OCCN)NC(=O)CC(O)CCCCCCCCCCC. The van der Waals surface area contributed by atoms with Crippen LogP contribution in [0.3, 0.4) is 0 Å². The zero-order chi connectivity index (χ0) is 32.7. The summed E-state index contributed by atoms with van der Waals surface area (Å²) < 4.78 is 21.9. The second-order valence-electron chi connectivity index (χ2n) is 11.9. The number of hydrogen-bond acceptors (Lipinski definition) is 7. The summed E-state index contributed by atoms with van der Waals surface area (Å²) in [7, 11) is -4.39. The van der Waals surface area contributed by atoms with E-state index in [0.717, 1.165) is 32.1 Å². The maximum absolute atomic E-state index is 12.7. The van der Waals surface area contributed by atoms with Crippen LogP contribution in [0.4, 0.5) is 0 Å². The number of aliphatic hydroxyl groups is 2. The van der Waals surface area contributed by atoms with Crippen LogP contribution >= 0.6 is 7.82 Å². The predicted molar refractivity (Wildman–Crippen MR) is 181 cm³/mol. The van der Waals surface area contributed by atoms with Crippen LogP contribution in [-0.2, 0) is 18.4 Å². The minimum Gasteiger partial charge on any atom is -0.393 e. The third kappa shape index (κ3) is 28.4. The van der Waals surface area contributed by atoms with Gasteiger partial charge < -0.3 is 26.2 Å². The number of allylic oxidation sites excluding steroid dienone is 3. The minimum absolute atomic E-state index is 0.0454. The average Bonchev–Trinajstić information content (AvgIpc) is 2.99. The summed E-state index contributed by atoms with van der Waals surface area (Å²) in [5.74, 6) is -0.460. The van der Waals surface area contributed by atoms with Crippen LogP contribution in [-0.4, -0.2) is 59.0 Å². The lowest BCUT2D eigenvalue weighted by Crippen LogP contribution is -2.46. The molecule has 44 heavy (non-hydrogen) atoms. The lowest BCUT2D eigenvalue weighted by atomic mass is 10.0. The van der Waals surface area contributed by atoms with E-state index in [2.05, 4.69) is 31.3 Å². The van der Waals surface area contributed by atoms with Crippen molar-refractivity contribution in [3.8, 4) is 0 Å². The quantitative estimate of drug-likeness (QED) is 0.0284. The molecule has 9 nitrogen and oxygen atoms in total. The van der Waals surface area contributed by atoms with Crippen LogP contribution in [0.15, 0.2) is 24.3 Å². The molecule has 4 atom stereocenters. The Morgan fingerprint density at radius 2 is 1.30 bits per heavy atom. The number of rotatable bonds is 32. The average molecular weight is 647 g/mol. The molecule has 0 aliphatic carbocycles. The Bertz CT molecular complexity index is 766. The van der Waals surface area contributed by atoms with E-state index in [0.29, 0.717) is 12.8 Å². The maximum Gasteiger partial charge on any atom is 0.472 e. The lowest BCUT2D eigenvalue weighted by Gasteiger charge is -2.24. The minimum atomic E-state index is -4.39. The molecule has 0 heterocycles. The van der Waals surface area contributed by atoms with Gasteiger partial charge in [-0.2, -0.15) is 0 Å². The molecular formula is C34H67N2O7P. The molecule has 0 aromatic carbocycles. The molecule has 0 saturated carbocycles. The molecule has 4 unspecified atom stereocenters. The molecule has 0 spiro atoms. The number of aliphatic hydroxyl groups excluding tert-OH is 2. The first kappa shape index (κ1) is 42.9. The van der Waals surface area contributed by atoms with Gasteiger partial charge in [0.2, 0.25) is 5.91 Å². The van der Waals surface area contributed by atoms with Crippen LogP contribution in [0.2, 0.25) is 0 Å². The highest BCUT2D eigenvalue weighted by molar-refractivity contribution is 7.47. The van der Waals surface area contributed by atoms with Crippen LogP contribution in [0.1, 0.15) is 149 Å². The number of hydrogen-bond donors (Lipinski definition) is 5. The Morgan fingerprint density at radius 3 is 1.89 bits per heavy atom. The predicted octanol–water partition coefficient (Wildman–Crippen LogP) is 7.63. The second-order valence-corrected chi connectivity index (χ2v) is 13.4. The normalized spacial score (nSPS) is 15.5. The highest BCUT2D eigenvalue weighted by Crippen LogP contribution is 2.43. The van der Waals surface area contributed by atoms with Crippen molar-refractivity contribution >= 4 is 13.7 Å². The Balaban J connectivity index is 4.57. The van der Waals surface area contributed by atoms with Gasteiger partial charge in [0.15, 0.2) is 0 Å². The van der Waals surface area contributed by atoms with Crippen LogP contribution in [0, 0.1) is 0 Å². The molecule has 0 radical (unpaired) electrons. The fourth-order valence-electron chi connectivity index (χ4n) is 4.90. The summed E-state index contributed by atoms with van der Waals surface area (Å²) in [4.78, 5) is 22.5. The van der Waals surface area contributed by atoms with Gasteiger partial charge in [0.1, 0.15) is 0 Å². The fourth-order valence-corrected chi connectivity index (χ4v) is 5.65. The van der Waals surface area contributed by atoms with E-state index in [1.54, 1.807) is 6.08 Å². The van der Waals surface area contributed by atoms with Gasteiger partial charge in [-0.3, -0.25) is 13.8 Å². The number of nitrogens with two attached hydrogens (primary N) is 1. The first-order chi connectivity index (χ1) is 21.3. The van der Waals surface area contributed by atoms with E-state index in [1.807, 2.05) is 6.08 Å². The standard InChI is InChI=1S/C34H67N2O7P/c1-3-5-7-9-11-13-14-15-16-18-20-22-24-26-33(38)32(30-43-44(40,41)42-28-27-35)36-34(39)29-31(37)25-23-21-19-17-12-10-8-6-4-2/h16,18,24,26,31-33,37-38H,3-15,17,19-23,25,27-30,35H2,1-2H3,(H,36,39)(H,40,41)/b18-16+,26-24+. The van der Waals surface area contributed by atoms with Gasteiger partial charge in [-0.1, -0.05) is 134 Å². The maximum atomic E-state index is 12.7. The fraction of sp³-hybridized carbons (Fsp3) is 0.853. The van der Waals surface area contributed by atoms with E-state index >= 15 is 0 Å². The summed E-state index contributed by atoms with van der Waals surface area (Å²) in [6, 6.07) is -0.992. The van der Waals surface area contributed by atoms with E-state index in [4.69, 9.17) is 14.8 Å². The molecule has 6 N–H and O–H groups in total. The summed E-state index contributed by atoms with van der Waals surface area (Å²) in [5.41, 5.74) is 5.33. The number of nitrogens with one attached hydrogen (secondary N) is 1. The number of amides is 1. The van der Waals surface area contributed by atoms with Crippen LogP contribution < -0.4 is 11.1 Å². The third-order valence-corrected chi connectivity index (χ3v) is 8.57. The molecule has 0 aromatic heterocycles. The van der Waals surface area contributed by atoms with Crippen molar-refractivity contribution < 1.29 is 33.5 Å². The number of carbonyl (C=O) groups is 1. The van der Waals surface area contributed by atoms with Gasteiger partial charge >= 0.3 is 7.82 Å². The first-order valence-corrected chi connectivity index (χ1v) is 19.0. The van der Waals surface area contributed by atoms with Crippen molar-refractivity contribution in [2.24, 2.45) is 5.73 Å². The van der Waals surface area contributed by atoms with Gasteiger partial charge in [0.25, 0.3) is 0 Å². The van der Waals surface area contributed by atoms with Crippen molar-refractivity contribution in [3.05, 3.63) is 24.3 Å². The van der Waals surface area contributed by atoms with Crippen LogP contribution in [0.25, 0.3) is 0 Å². The highest BCUT2D eigenvalue weighted by atomic mass is 31.2. The van der Waals surface area contributed by atoms with Crippen molar-refractivity contribution in [1.29, 1.82) is 0 Å². The molecule has 0 aliphatic heterocycles. The molecule has 0 fully saturated rings. The van der Waals surface area contributed by atoms with Gasteiger partial charge in [-0.05, 0) is 32.1 Å². The van der Waals surface area contributed by atoms with Gasteiger partial charge in [0, 0.05) is 6.54 Å². The highest BCUT2D eigenvalue weighted by Gasteiger charge is 2.27. The summed E-state index contributed by atoms with van der Waals surface area (Å²) in [5, 5.41) is 23.8. The Hall–Kier alpha value is -1.06. The van der Waals surface area contributed by atoms with Gasteiger partial charge in [-0.25, -0.2) is 4.57 Å². The number of carbonyl (C=O) groups excluding carboxylic acids is 1. The van der Waals surface area contributed by atoms with Crippen LogP contribution in [0.5, 0.6) is 0 Å². The van der Waals surface area contributed by atoms with E-state index in [-0.39, 0.29) is 19.6 Å². The summed E-state index contributed by atoms with van der Waals surface area (Å²) in [6.45, 7) is 3.89. The molecule has 0 rings (SSSR count). The zero-order valence-corrected chi connectivity index (χ0v) is 28.9. The molecule has 10 heteroatoms. The molecule has 0 bridgehead atoms. The zero-order valence-electron chi connectivity index (χ0n) is 28.0. The Labute approximate surface area is 269 Å². The monoisotopic (exact) mass is 646 g/mol. The molecule has 0 aromatic rings. The Kier molecular flexibility index (Phi) is 29.8. The Morgan fingerprint density at radius 1 is 0.773 bits per heavy atom. The van der Waals surface area contributed by atoms with E-state index < -0.39 is 38.6 Å². The molecule has 0 aliphatic rings. The smallest absolute Gasteiger partial charge is 0.393 e. The third-order valence-electron chi connectivity index (χ3n) is 7.58. The van der Waals surface area contributed by atoms with Crippen molar-refractivity contribution in [2.75, 3.05) is 19.8 Å². The lowest BCUT2D eigenvalue weighted by molar-refractivity contribution is -0.124. The van der Waals surface area contributed by atoms with Crippen molar-refractivity contribution in [1.82, 2.24) is 5.32 Å². The largest absolute Gasteiger partial charge is 0.472 e. The molecule has 1 amide bonds. The summed E-state index contributed by atoms with van der Waals surface area (Å²) in [6.07, 6.45) is 28.4. The van der Waals surface area contributed by atoms with Crippen molar-refractivity contribution in [2.45, 2.75) is 167 Å². The van der Waals surface area contributed by atoms with E-state index in [1.165, 1.54) is 83.5 Å². The topological polar surface area (TPSA) is 151 Å². The molecule has 260 valence electrons. The van der Waals surface area contributed by atoms with E-state index in [9.17, 15) is 24.5 Å². The number of phosphoric acid groups is 1. The first-order valence-electron chi connectivity index (χ1n) is 17.5.